The monoisotopic (exact) mass is 499 g/mol. The molecule has 2 saturated heterocycles. The van der Waals surface area contributed by atoms with Crippen molar-refractivity contribution < 1.29 is 23.9 Å². The Balaban J connectivity index is 1.25. The molecule has 2 aromatic rings. The van der Waals surface area contributed by atoms with Gasteiger partial charge in [-0.15, -0.1) is 11.3 Å². The average molecular weight is 500 g/mol. The van der Waals surface area contributed by atoms with Crippen LogP contribution in [0.5, 0.6) is 5.75 Å². The second-order valence-corrected chi connectivity index (χ2v) is 10.2. The van der Waals surface area contributed by atoms with E-state index in [1.807, 2.05) is 29.0 Å². The first-order chi connectivity index (χ1) is 16.8. The first kappa shape index (κ1) is 25.3. The smallest absolute Gasteiger partial charge is 0.273 e. The van der Waals surface area contributed by atoms with E-state index in [1.54, 1.807) is 31.4 Å². The van der Waals surface area contributed by atoms with Crippen molar-refractivity contribution in [2.75, 3.05) is 33.3 Å². The molecule has 2 aliphatic rings. The highest BCUT2D eigenvalue weighted by Crippen LogP contribution is 2.31. The number of thiazole rings is 1. The molecule has 0 bridgehead atoms. The molecule has 0 spiro atoms. The van der Waals surface area contributed by atoms with Gasteiger partial charge in [0.25, 0.3) is 5.91 Å². The maximum Gasteiger partial charge on any atom is 0.273 e. The molecular weight excluding hydrogens is 466 g/mol. The number of carbonyl (C=O) groups is 3. The van der Waals surface area contributed by atoms with E-state index in [0.717, 1.165) is 17.8 Å². The zero-order chi connectivity index (χ0) is 24.9. The van der Waals surface area contributed by atoms with Crippen molar-refractivity contribution in [2.24, 2.45) is 0 Å². The number of benzene rings is 1. The van der Waals surface area contributed by atoms with Gasteiger partial charge >= 0.3 is 0 Å². The van der Waals surface area contributed by atoms with E-state index < -0.39 is 0 Å². The molecule has 2 atom stereocenters. The fourth-order valence-electron chi connectivity index (χ4n) is 4.75. The van der Waals surface area contributed by atoms with Crippen molar-refractivity contribution in [3.05, 3.63) is 45.9 Å². The van der Waals surface area contributed by atoms with E-state index >= 15 is 0 Å². The fourth-order valence-corrected chi connectivity index (χ4v) is 5.72. The Kier molecular flexibility index (Phi) is 8.18. The lowest BCUT2D eigenvalue weighted by Gasteiger charge is -2.35. The first-order valence-electron chi connectivity index (χ1n) is 12.2. The minimum Gasteiger partial charge on any atom is -0.497 e. The Labute approximate surface area is 210 Å². The van der Waals surface area contributed by atoms with E-state index in [4.69, 9.17) is 9.47 Å². The maximum absolute atomic E-state index is 12.9. The van der Waals surface area contributed by atoms with Crippen molar-refractivity contribution in [1.82, 2.24) is 14.8 Å². The lowest BCUT2D eigenvalue weighted by molar-refractivity contribution is -0.132. The average Bonchev–Trinajstić information content (AvgIpc) is 3.36. The summed E-state index contributed by atoms with van der Waals surface area (Å²) in [5, 5.41) is 2.81. The van der Waals surface area contributed by atoms with Crippen molar-refractivity contribution in [2.45, 2.75) is 57.7 Å². The van der Waals surface area contributed by atoms with Gasteiger partial charge < -0.3 is 19.3 Å². The van der Waals surface area contributed by atoms with Crippen molar-refractivity contribution in [1.29, 1.82) is 0 Å². The predicted octanol–water partition coefficient (Wildman–Crippen LogP) is 3.77. The quantitative estimate of drug-likeness (QED) is 0.539. The number of likely N-dealkylation sites (tertiary alicyclic amines) is 1. The van der Waals surface area contributed by atoms with Crippen LogP contribution in [0.4, 0.5) is 0 Å². The van der Waals surface area contributed by atoms with Crippen molar-refractivity contribution in [3.8, 4) is 5.75 Å². The van der Waals surface area contributed by atoms with E-state index in [2.05, 4.69) is 4.98 Å². The molecule has 0 radical (unpaired) electrons. The van der Waals surface area contributed by atoms with Crippen LogP contribution in [-0.2, 0) is 9.53 Å². The Bertz CT molecular complexity index is 1040. The molecule has 2 fully saturated rings. The summed E-state index contributed by atoms with van der Waals surface area (Å²) in [6.07, 6.45) is 2.07. The van der Waals surface area contributed by atoms with E-state index in [1.165, 1.54) is 11.3 Å². The fraction of sp³-hybridized carbons (Fsp3) is 0.538. The molecule has 2 unspecified atom stereocenters. The van der Waals surface area contributed by atoms with Gasteiger partial charge in [-0.2, -0.15) is 0 Å². The number of hydrogen-bond donors (Lipinski definition) is 0. The normalized spacial score (nSPS) is 21.1. The molecule has 0 aliphatic carbocycles. The lowest BCUT2D eigenvalue weighted by Crippen LogP contribution is -2.48. The lowest BCUT2D eigenvalue weighted by atomic mass is 9.97. The van der Waals surface area contributed by atoms with Gasteiger partial charge in [0, 0.05) is 55.9 Å². The molecular formula is C26H33N3O5S. The van der Waals surface area contributed by atoms with Crippen LogP contribution in [0.1, 0.15) is 71.3 Å². The summed E-state index contributed by atoms with van der Waals surface area (Å²) in [6.45, 7) is 6.40. The Morgan fingerprint density at radius 1 is 1.03 bits per heavy atom. The molecule has 2 aliphatic heterocycles. The Morgan fingerprint density at radius 3 is 2.31 bits per heavy atom. The summed E-state index contributed by atoms with van der Waals surface area (Å²) >= 11 is 1.53. The van der Waals surface area contributed by atoms with Gasteiger partial charge in [-0.05, 0) is 51.0 Å². The van der Waals surface area contributed by atoms with Gasteiger partial charge in [0.1, 0.15) is 11.4 Å². The van der Waals surface area contributed by atoms with Crippen LogP contribution in [0, 0.1) is 0 Å². The minimum atomic E-state index is -0.0417. The number of carbonyl (C=O) groups excluding carboxylic acids is 3. The summed E-state index contributed by atoms with van der Waals surface area (Å²) < 4.78 is 10.8. The largest absolute Gasteiger partial charge is 0.497 e. The molecule has 188 valence electrons. The number of hydrogen-bond acceptors (Lipinski definition) is 7. The van der Waals surface area contributed by atoms with E-state index in [9.17, 15) is 14.4 Å². The van der Waals surface area contributed by atoms with Crippen LogP contribution < -0.4 is 4.74 Å². The van der Waals surface area contributed by atoms with E-state index in [-0.39, 0.29) is 48.6 Å². The highest BCUT2D eigenvalue weighted by Gasteiger charge is 2.30. The highest BCUT2D eigenvalue weighted by molar-refractivity contribution is 7.09. The summed E-state index contributed by atoms with van der Waals surface area (Å²) in [4.78, 5) is 46.3. The summed E-state index contributed by atoms with van der Waals surface area (Å²) in [5.41, 5.74) is 1.09. The third-order valence-electron chi connectivity index (χ3n) is 6.62. The topological polar surface area (TPSA) is 89.0 Å². The Hall–Kier alpha value is -2.78. The van der Waals surface area contributed by atoms with Gasteiger partial charge in [-0.1, -0.05) is 0 Å². The van der Waals surface area contributed by atoms with Crippen LogP contribution in [0.2, 0.25) is 0 Å². The number of methoxy groups -OCH3 is 1. The van der Waals surface area contributed by atoms with Gasteiger partial charge in [0.15, 0.2) is 5.78 Å². The number of ether oxygens (including phenoxy) is 2. The number of rotatable bonds is 7. The molecule has 2 amide bonds. The number of aromatic nitrogens is 1. The zero-order valence-electron chi connectivity index (χ0n) is 20.6. The summed E-state index contributed by atoms with van der Waals surface area (Å²) in [6, 6.07) is 6.95. The molecule has 8 nitrogen and oxygen atoms in total. The molecule has 1 aromatic carbocycles. The zero-order valence-corrected chi connectivity index (χ0v) is 21.4. The van der Waals surface area contributed by atoms with Crippen LogP contribution in [0.25, 0.3) is 0 Å². The van der Waals surface area contributed by atoms with Crippen LogP contribution >= 0.6 is 11.3 Å². The minimum absolute atomic E-state index is 0.0101. The Morgan fingerprint density at radius 2 is 1.69 bits per heavy atom. The maximum atomic E-state index is 12.9. The molecule has 0 N–H and O–H groups in total. The van der Waals surface area contributed by atoms with E-state index in [0.29, 0.717) is 43.2 Å². The highest BCUT2D eigenvalue weighted by atomic mass is 32.1. The number of morpholine rings is 1. The van der Waals surface area contributed by atoms with Crippen LogP contribution in [-0.4, -0.2) is 77.9 Å². The van der Waals surface area contributed by atoms with Crippen LogP contribution in [0.3, 0.4) is 0 Å². The number of piperidine rings is 1. The number of nitrogens with zero attached hydrogens (tertiary/aromatic N) is 3. The van der Waals surface area contributed by atoms with Crippen LogP contribution in [0.15, 0.2) is 29.6 Å². The van der Waals surface area contributed by atoms with Crippen molar-refractivity contribution >= 4 is 28.9 Å². The molecule has 0 saturated carbocycles. The van der Waals surface area contributed by atoms with Crippen molar-refractivity contribution in [3.63, 3.8) is 0 Å². The summed E-state index contributed by atoms with van der Waals surface area (Å²) in [5.74, 6) is 0.871. The van der Waals surface area contributed by atoms with Gasteiger partial charge in [0.05, 0.1) is 24.3 Å². The third kappa shape index (κ3) is 6.27. The molecule has 35 heavy (non-hydrogen) atoms. The second kappa shape index (κ2) is 11.3. The van der Waals surface area contributed by atoms with Gasteiger partial charge in [-0.25, -0.2) is 4.98 Å². The van der Waals surface area contributed by atoms with Gasteiger partial charge in [0.2, 0.25) is 5.91 Å². The number of ketones is 1. The first-order valence-corrected chi connectivity index (χ1v) is 13.1. The number of amides is 2. The molecule has 9 heteroatoms. The molecule has 1 aromatic heterocycles. The number of Topliss-reactive ketones (excluding diaryl/α,β-unsaturated/α-hetero) is 1. The second-order valence-electron chi connectivity index (χ2n) is 9.35. The van der Waals surface area contributed by atoms with Gasteiger partial charge in [-0.3, -0.25) is 14.4 Å². The molecule has 4 rings (SSSR count). The standard InChI is InChI=1S/C26H33N3O5S/c1-17-14-29(15-18(2)34-17)26(32)22-16-35-25(27-22)20-10-12-28(13-11-20)24(31)9-8-23(30)19-4-6-21(33-3)7-5-19/h4-7,16-18,20H,8-15H2,1-3H3. The summed E-state index contributed by atoms with van der Waals surface area (Å²) in [7, 11) is 1.58. The predicted molar refractivity (Wildman–Crippen MR) is 133 cm³/mol. The third-order valence-corrected chi connectivity index (χ3v) is 7.63. The molecule has 3 heterocycles. The SMILES string of the molecule is COc1ccc(C(=O)CCC(=O)N2CCC(c3nc(C(=O)N4CC(C)OC(C)C4)cs3)CC2)cc1.